The highest BCUT2D eigenvalue weighted by molar-refractivity contribution is 5.97. The lowest BCUT2D eigenvalue weighted by Gasteiger charge is -2.39. The lowest BCUT2D eigenvalue weighted by Crippen LogP contribution is -2.53. The van der Waals surface area contributed by atoms with Gasteiger partial charge in [-0.1, -0.05) is 35.9 Å². The molecule has 174 valence electrons. The number of hydrogen-bond acceptors (Lipinski definition) is 6. The number of carbonyl (C=O) groups is 1. The molecule has 1 N–H and O–H groups in total. The second-order valence-electron chi connectivity index (χ2n) is 8.59. The number of aryl methyl sites for hydroxylation is 1. The topological polar surface area (TPSA) is 74.5 Å². The average molecular weight is 456 g/mol. The number of carbonyl (C=O) groups excluding carboxylic acids is 1. The number of nitrogens with zero attached hydrogens (tertiary/aromatic N) is 5. The van der Waals surface area contributed by atoms with Crippen molar-refractivity contribution in [2.45, 2.75) is 19.1 Å². The maximum Gasteiger partial charge on any atom is 0.176 e. The smallest absolute Gasteiger partial charge is 0.176 e. The predicted octanol–water partition coefficient (Wildman–Crippen LogP) is 2.25. The number of aromatic nitrogens is 3. The molecule has 9 heteroatoms. The Morgan fingerprint density at radius 2 is 1.73 bits per heavy atom. The quantitative estimate of drug-likeness (QED) is 0.526. The summed E-state index contributed by atoms with van der Waals surface area (Å²) < 4.78 is 29.5. The Kier molecular flexibility index (Phi) is 6.92. The number of ketones is 1. The summed E-state index contributed by atoms with van der Waals surface area (Å²) in [4.78, 5) is 20.6. The third-order valence-electron chi connectivity index (χ3n) is 6.01. The average Bonchev–Trinajstić information content (AvgIpc) is 3.28. The van der Waals surface area contributed by atoms with E-state index in [2.05, 4.69) is 15.0 Å². The maximum atomic E-state index is 14.6. The molecule has 33 heavy (non-hydrogen) atoms. The minimum Gasteiger partial charge on any atom is -0.382 e. The third kappa shape index (κ3) is 5.68. The fourth-order valence-electron chi connectivity index (χ4n) is 4.18. The lowest BCUT2D eigenvalue weighted by atomic mass is 9.92. The molecule has 2 heterocycles. The molecule has 1 unspecified atom stereocenters. The van der Waals surface area contributed by atoms with Crippen molar-refractivity contribution in [3.8, 4) is 0 Å². The molecule has 0 amide bonds. The van der Waals surface area contributed by atoms with Crippen LogP contribution in [0.3, 0.4) is 0 Å². The first kappa shape index (κ1) is 23.2. The Morgan fingerprint density at radius 3 is 2.36 bits per heavy atom. The number of hydrogen-bond donors (Lipinski definition) is 1. The zero-order valence-electron chi connectivity index (χ0n) is 18.5. The molecule has 1 aliphatic rings. The van der Waals surface area contributed by atoms with Gasteiger partial charge in [-0.2, -0.15) is 5.10 Å². The summed E-state index contributed by atoms with van der Waals surface area (Å²) in [5.41, 5.74) is 0.176. The highest BCUT2D eigenvalue weighted by atomic mass is 19.1. The number of benzene rings is 2. The van der Waals surface area contributed by atoms with E-state index in [1.165, 1.54) is 23.4 Å². The summed E-state index contributed by atoms with van der Waals surface area (Å²) in [6, 6.07) is 10.7. The number of aliphatic hydroxyl groups is 1. The SMILES string of the molecule is Cc1ccc(C(=O)CN2CCN(CC(O)(Cn3cncn3)c3ccc(F)cc3F)CC2)cc1. The molecule has 1 aliphatic heterocycles. The molecule has 0 saturated carbocycles. The van der Waals surface area contributed by atoms with Crippen molar-refractivity contribution in [3.63, 3.8) is 0 Å². The van der Waals surface area contributed by atoms with E-state index in [4.69, 9.17) is 0 Å². The van der Waals surface area contributed by atoms with Crippen molar-refractivity contribution in [1.29, 1.82) is 0 Å². The largest absolute Gasteiger partial charge is 0.382 e. The van der Waals surface area contributed by atoms with Crippen LogP contribution in [-0.2, 0) is 12.1 Å². The van der Waals surface area contributed by atoms with Gasteiger partial charge in [0.25, 0.3) is 0 Å². The molecule has 0 aliphatic carbocycles. The van der Waals surface area contributed by atoms with Crippen LogP contribution in [0.4, 0.5) is 8.78 Å². The van der Waals surface area contributed by atoms with E-state index in [0.717, 1.165) is 17.7 Å². The van der Waals surface area contributed by atoms with Crippen molar-refractivity contribution in [2.24, 2.45) is 0 Å². The Morgan fingerprint density at radius 1 is 1.03 bits per heavy atom. The molecule has 1 fully saturated rings. The summed E-state index contributed by atoms with van der Waals surface area (Å²) >= 11 is 0. The minimum atomic E-state index is -1.63. The molecule has 0 radical (unpaired) electrons. The van der Waals surface area contributed by atoms with Crippen molar-refractivity contribution < 1.29 is 18.7 Å². The maximum absolute atomic E-state index is 14.6. The van der Waals surface area contributed by atoms with Gasteiger partial charge in [0.1, 0.15) is 29.9 Å². The fraction of sp³-hybridized carbons (Fsp3) is 0.375. The highest BCUT2D eigenvalue weighted by Gasteiger charge is 2.36. The van der Waals surface area contributed by atoms with Crippen molar-refractivity contribution in [3.05, 3.63) is 83.4 Å². The number of rotatable bonds is 8. The van der Waals surface area contributed by atoms with E-state index in [9.17, 15) is 18.7 Å². The first-order valence-corrected chi connectivity index (χ1v) is 10.9. The number of halogens is 2. The zero-order valence-corrected chi connectivity index (χ0v) is 18.5. The second kappa shape index (κ2) is 9.86. The molecular formula is C24H27F2N5O2. The van der Waals surface area contributed by atoms with Gasteiger partial charge in [-0.25, -0.2) is 18.4 Å². The Balaban J connectivity index is 1.41. The van der Waals surface area contributed by atoms with E-state index in [1.54, 1.807) is 0 Å². The van der Waals surface area contributed by atoms with E-state index >= 15 is 0 Å². The highest BCUT2D eigenvalue weighted by Crippen LogP contribution is 2.28. The van der Waals surface area contributed by atoms with Gasteiger partial charge in [0.05, 0.1) is 13.1 Å². The van der Waals surface area contributed by atoms with Crippen LogP contribution in [0, 0.1) is 18.6 Å². The normalized spacial score (nSPS) is 17.1. The van der Waals surface area contributed by atoms with E-state index < -0.39 is 17.2 Å². The molecule has 1 atom stereocenters. The van der Waals surface area contributed by atoms with Crippen molar-refractivity contribution in [1.82, 2.24) is 24.6 Å². The monoisotopic (exact) mass is 455 g/mol. The lowest BCUT2D eigenvalue weighted by molar-refractivity contribution is -0.0314. The second-order valence-corrected chi connectivity index (χ2v) is 8.59. The predicted molar refractivity (Wildman–Crippen MR) is 119 cm³/mol. The van der Waals surface area contributed by atoms with Crippen LogP contribution in [0.1, 0.15) is 21.5 Å². The molecular weight excluding hydrogens is 428 g/mol. The first-order valence-electron chi connectivity index (χ1n) is 10.9. The van der Waals surface area contributed by atoms with Crippen LogP contribution in [0.5, 0.6) is 0 Å². The molecule has 4 rings (SSSR count). The number of piperazine rings is 1. The number of Topliss-reactive ketones (excluding diaryl/α,β-unsaturated/α-hetero) is 1. The van der Waals surface area contributed by atoms with Crippen molar-refractivity contribution >= 4 is 5.78 Å². The molecule has 1 saturated heterocycles. The summed E-state index contributed by atoms with van der Waals surface area (Å²) in [6.07, 6.45) is 2.78. The molecule has 7 nitrogen and oxygen atoms in total. The van der Waals surface area contributed by atoms with Gasteiger partial charge in [-0.15, -0.1) is 0 Å². The van der Waals surface area contributed by atoms with Crippen LogP contribution < -0.4 is 0 Å². The van der Waals surface area contributed by atoms with E-state index in [-0.39, 0.29) is 24.4 Å². The standard InChI is InChI=1S/C24H27F2N5O2/c1-18-2-4-19(5-3-18)23(32)13-29-8-10-30(11-9-29)14-24(33,15-31-17-27-16-28-31)21-7-6-20(25)12-22(21)26/h2-7,12,16-17,33H,8-11,13-15H2,1H3. The van der Waals surface area contributed by atoms with Crippen LogP contribution >= 0.6 is 0 Å². The van der Waals surface area contributed by atoms with Crippen LogP contribution in [0.2, 0.25) is 0 Å². The van der Waals surface area contributed by atoms with Crippen LogP contribution in [0.25, 0.3) is 0 Å². The van der Waals surface area contributed by atoms with E-state index in [1.807, 2.05) is 36.1 Å². The molecule has 2 aromatic carbocycles. The summed E-state index contributed by atoms with van der Waals surface area (Å²) in [5.74, 6) is -1.44. The van der Waals surface area contributed by atoms with Gasteiger partial charge < -0.3 is 5.11 Å². The summed E-state index contributed by atoms with van der Waals surface area (Å²) in [6.45, 7) is 4.90. The van der Waals surface area contributed by atoms with Gasteiger partial charge in [-0.3, -0.25) is 14.6 Å². The summed E-state index contributed by atoms with van der Waals surface area (Å²) in [7, 11) is 0. The molecule has 0 bridgehead atoms. The summed E-state index contributed by atoms with van der Waals surface area (Å²) in [5, 5.41) is 15.5. The van der Waals surface area contributed by atoms with Gasteiger partial charge in [0, 0.05) is 49.9 Å². The third-order valence-corrected chi connectivity index (χ3v) is 6.01. The zero-order chi connectivity index (χ0) is 23.4. The molecule has 3 aromatic rings. The van der Waals surface area contributed by atoms with Crippen LogP contribution in [-0.4, -0.2) is 74.7 Å². The van der Waals surface area contributed by atoms with Crippen molar-refractivity contribution in [2.75, 3.05) is 39.3 Å². The van der Waals surface area contributed by atoms with Gasteiger partial charge in [-0.05, 0) is 13.0 Å². The van der Waals surface area contributed by atoms with Crippen LogP contribution in [0.15, 0.2) is 55.1 Å². The number of β-amino-alcohol motifs (C(OH)–C–C–N with tert-alkyl or cyclic N) is 1. The Bertz CT molecular complexity index is 1080. The molecule has 0 spiro atoms. The first-order chi connectivity index (χ1) is 15.8. The van der Waals surface area contributed by atoms with Gasteiger partial charge in [0.2, 0.25) is 0 Å². The Hall–Kier alpha value is -3.01. The Labute approximate surface area is 191 Å². The minimum absolute atomic E-state index is 0.0105. The van der Waals surface area contributed by atoms with Gasteiger partial charge in [0.15, 0.2) is 5.78 Å². The fourth-order valence-corrected chi connectivity index (χ4v) is 4.18. The van der Waals surface area contributed by atoms with E-state index in [0.29, 0.717) is 38.3 Å². The molecule has 1 aromatic heterocycles. The van der Waals surface area contributed by atoms with Gasteiger partial charge >= 0.3 is 0 Å².